The first-order valence-corrected chi connectivity index (χ1v) is 8.73. The zero-order valence-corrected chi connectivity index (χ0v) is 15.5. The van der Waals surface area contributed by atoms with Gasteiger partial charge in [0.25, 0.3) is 0 Å². The van der Waals surface area contributed by atoms with Crippen LogP contribution in [0.25, 0.3) is 0 Å². The maximum absolute atomic E-state index is 11.9. The normalized spacial score (nSPS) is 21.5. The molecular formula is C18H30ClN3O2. The molecule has 1 aromatic rings. The molecule has 1 aliphatic carbocycles. The fraction of sp³-hybridized carbons (Fsp3) is 0.667. The molecule has 6 heteroatoms. The Morgan fingerprint density at radius 1 is 1.42 bits per heavy atom. The molecule has 1 fully saturated rings. The highest BCUT2D eigenvalue weighted by molar-refractivity contribution is 5.85. The Morgan fingerprint density at radius 3 is 2.79 bits per heavy atom. The lowest BCUT2D eigenvalue weighted by molar-refractivity contribution is -0.122. The fourth-order valence-corrected chi connectivity index (χ4v) is 2.91. The summed E-state index contributed by atoms with van der Waals surface area (Å²) in [7, 11) is 0. The summed E-state index contributed by atoms with van der Waals surface area (Å²) in [4.78, 5) is 16.1. The number of nitrogens with one attached hydrogen (secondary N) is 1. The highest BCUT2D eigenvalue weighted by atomic mass is 35.5. The maximum Gasteiger partial charge on any atom is 0.237 e. The van der Waals surface area contributed by atoms with Gasteiger partial charge in [0.05, 0.1) is 6.04 Å². The molecule has 0 bridgehead atoms. The van der Waals surface area contributed by atoms with Crippen molar-refractivity contribution >= 4 is 18.3 Å². The smallest absolute Gasteiger partial charge is 0.237 e. The number of ether oxygens (including phenoxy) is 1. The van der Waals surface area contributed by atoms with E-state index in [1.807, 2.05) is 19.1 Å². The Morgan fingerprint density at radius 2 is 2.12 bits per heavy atom. The summed E-state index contributed by atoms with van der Waals surface area (Å²) in [6.45, 7) is 4.77. The van der Waals surface area contributed by atoms with Gasteiger partial charge in [-0.05, 0) is 49.7 Å². The van der Waals surface area contributed by atoms with Gasteiger partial charge in [0.15, 0.2) is 0 Å². The molecule has 0 spiro atoms. The van der Waals surface area contributed by atoms with Gasteiger partial charge in [-0.1, -0.05) is 20.3 Å². The number of rotatable bonds is 7. The Bertz CT molecular complexity index is 505. The van der Waals surface area contributed by atoms with Gasteiger partial charge in [0, 0.05) is 18.8 Å². The second-order valence-electron chi connectivity index (χ2n) is 6.62. The lowest BCUT2D eigenvalue weighted by Gasteiger charge is -2.26. The van der Waals surface area contributed by atoms with E-state index in [1.165, 1.54) is 12.8 Å². The van der Waals surface area contributed by atoms with Crippen LogP contribution in [-0.2, 0) is 11.3 Å². The van der Waals surface area contributed by atoms with E-state index in [2.05, 4.69) is 17.2 Å². The zero-order valence-electron chi connectivity index (χ0n) is 14.7. The van der Waals surface area contributed by atoms with Crippen molar-refractivity contribution in [3.05, 3.63) is 23.9 Å². The molecule has 5 nitrogen and oxygen atoms in total. The molecule has 136 valence electrons. The molecule has 0 radical (unpaired) electrons. The molecule has 1 atom stereocenters. The van der Waals surface area contributed by atoms with Crippen LogP contribution in [-0.4, -0.2) is 23.0 Å². The van der Waals surface area contributed by atoms with Gasteiger partial charge < -0.3 is 15.8 Å². The molecule has 0 saturated heterocycles. The van der Waals surface area contributed by atoms with Crippen LogP contribution in [0.5, 0.6) is 5.88 Å². The van der Waals surface area contributed by atoms with Gasteiger partial charge in [0.1, 0.15) is 6.10 Å². The first kappa shape index (κ1) is 20.7. The van der Waals surface area contributed by atoms with Gasteiger partial charge in [-0.3, -0.25) is 4.79 Å². The molecule has 2 rings (SSSR count). The first-order chi connectivity index (χ1) is 11.1. The van der Waals surface area contributed by atoms with Crippen LogP contribution in [0.2, 0.25) is 0 Å². The van der Waals surface area contributed by atoms with Crippen molar-refractivity contribution in [2.75, 3.05) is 0 Å². The molecule has 1 heterocycles. The minimum atomic E-state index is -0.429. The average Bonchev–Trinajstić information content (AvgIpc) is 2.55. The number of nitrogens with two attached hydrogens (primary N) is 1. The van der Waals surface area contributed by atoms with Gasteiger partial charge in [-0.2, -0.15) is 0 Å². The molecule has 1 amide bonds. The molecule has 1 aromatic heterocycles. The van der Waals surface area contributed by atoms with Crippen molar-refractivity contribution in [2.24, 2.45) is 11.7 Å². The predicted molar refractivity (Wildman–Crippen MR) is 98.3 cm³/mol. The van der Waals surface area contributed by atoms with E-state index in [-0.39, 0.29) is 24.4 Å². The zero-order chi connectivity index (χ0) is 16.7. The van der Waals surface area contributed by atoms with Crippen molar-refractivity contribution in [2.45, 2.75) is 71.1 Å². The molecule has 3 N–H and O–H groups in total. The lowest BCUT2D eigenvalue weighted by Crippen LogP contribution is -2.40. The number of carbonyl (C=O) groups is 1. The van der Waals surface area contributed by atoms with Crippen LogP contribution in [0.15, 0.2) is 18.3 Å². The topological polar surface area (TPSA) is 77.2 Å². The summed E-state index contributed by atoms with van der Waals surface area (Å²) in [6, 6.07) is 3.37. The van der Waals surface area contributed by atoms with E-state index in [1.54, 1.807) is 6.20 Å². The fourth-order valence-electron chi connectivity index (χ4n) is 2.91. The van der Waals surface area contributed by atoms with E-state index < -0.39 is 6.04 Å². The quantitative estimate of drug-likeness (QED) is 0.787. The third kappa shape index (κ3) is 6.65. The van der Waals surface area contributed by atoms with E-state index >= 15 is 0 Å². The minimum absolute atomic E-state index is 0. The number of amides is 1. The number of nitrogens with zero attached hydrogens (tertiary/aromatic N) is 1. The largest absolute Gasteiger partial charge is 0.474 e. The van der Waals surface area contributed by atoms with Crippen molar-refractivity contribution in [3.63, 3.8) is 0 Å². The molecule has 1 aliphatic rings. The van der Waals surface area contributed by atoms with Gasteiger partial charge in [-0.25, -0.2) is 4.98 Å². The number of carbonyl (C=O) groups excluding carboxylic acids is 1. The maximum atomic E-state index is 11.9. The van der Waals surface area contributed by atoms with Crippen molar-refractivity contribution < 1.29 is 9.53 Å². The van der Waals surface area contributed by atoms with Crippen molar-refractivity contribution in [3.8, 4) is 5.88 Å². The monoisotopic (exact) mass is 355 g/mol. The molecule has 0 aliphatic heterocycles. The van der Waals surface area contributed by atoms with Crippen LogP contribution in [0.1, 0.15) is 57.9 Å². The van der Waals surface area contributed by atoms with Gasteiger partial charge >= 0.3 is 0 Å². The first-order valence-electron chi connectivity index (χ1n) is 8.73. The summed E-state index contributed by atoms with van der Waals surface area (Å²) in [5, 5.41) is 2.87. The summed E-state index contributed by atoms with van der Waals surface area (Å²) >= 11 is 0. The summed E-state index contributed by atoms with van der Waals surface area (Å²) < 4.78 is 5.99. The van der Waals surface area contributed by atoms with Crippen molar-refractivity contribution in [1.82, 2.24) is 10.3 Å². The SMILES string of the molecule is CCCC(N)C(=O)NCc1ccnc(OC2CCC(C)CC2)c1.Cl. The van der Waals surface area contributed by atoms with Crippen molar-refractivity contribution in [1.29, 1.82) is 0 Å². The summed E-state index contributed by atoms with van der Waals surface area (Å²) in [5.41, 5.74) is 6.79. The summed E-state index contributed by atoms with van der Waals surface area (Å²) in [5.74, 6) is 1.35. The van der Waals surface area contributed by atoms with Crippen LogP contribution in [0, 0.1) is 5.92 Å². The molecule has 1 unspecified atom stereocenters. The Kier molecular flexibility index (Phi) is 9.08. The Balaban J connectivity index is 0.00000288. The van der Waals surface area contributed by atoms with Crippen LogP contribution < -0.4 is 15.8 Å². The summed E-state index contributed by atoms with van der Waals surface area (Å²) in [6.07, 6.45) is 8.23. The third-order valence-electron chi connectivity index (χ3n) is 4.45. The minimum Gasteiger partial charge on any atom is -0.474 e. The highest BCUT2D eigenvalue weighted by Gasteiger charge is 2.20. The van der Waals surface area contributed by atoms with Crippen LogP contribution >= 0.6 is 12.4 Å². The molecule has 0 aromatic carbocycles. The van der Waals surface area contributed by atoms with E-state index in [0.29, 0.717) is 18.8 Å². The molecule has 1 saturated carbocycles. The number of aromatic nitrogens is 1. The number of pyridine rings is 1. The van der Waals surface area contributed by atoms with Crippen LogP contribution in [0.4, 0.5) is 0 Å². The lowest BCUT2D eigenvalue weighted by atomic mass is 9.89. The third-order valence-corrected chi connectivity index (χ3v) is 4.45. The average molecular weight is 356 g/mol. The number of halogens is 1. The van der Waals surface area contributed by atoms with E-state index in [0.717, 1.165) is 30.7 Å². The standard InChI is InChI=1S/C18H29N3O2.ClH/c1-3-4-16(19)18(22)21-12-14-9-10-20-17(11-14)23-15-7-5-13(2)6-8-15;/h9-11,13,15-16H,3-8,12,19H2,1-2H3,(H,21,22);1H. The predicted octanol–water partition coefficient (Wildman–Crippen LogP) is 3.20. The van der Waals surface area contributed by atoms with Gasteiger partial charge in [-0.15, -0.1) is 12.4 Å². The Hall–Kier alpha value is -1.33. The number of hydrogen-bond donors (Lipinski definition) is 2. The second kappa shape index (κ2) is 10.5. The Labute approximate surface area is 151 Å². The second-order valence-corrected chi connectivity index (χ2v) is 6.62. The number of hydrogen-bond acceptors (Lipinski definition) is 4. The molecular weight excluding hydrogens is 326 g/mol. The highest BCUT2D eigenvalue weighted by Crippen LogP contribution is 2.26. The molecule has 24 heavy (non-hydrogen) atoms. The van der Waals surface area contributed by atoms with Crippen LogP contribution in [0.3, 0.4) is 0 Å². The van der Waals surface area contributed by atoms with E-state index in [9.17, 15) is 4.79 Å². The van der Waals surface area contributed by atoms with E-state index in [4.69, 9.17) is 10.5 Å². The van der Waals surface area contributed by atoms with Gasteiger partial charge in [0.2, 0.25) is 11.8 Å².